The van der Waals surface area contributed by atoms with Crippen molar-refractivity contribution in [3.05, 3.63) is 44.6 Å². The van der Waals surface area contributed by atoms with Gasteiger partial charge < -0.3 is 10.1 Å². The van der Waals surface area contributed by atoms with Crippen LogP contribution in [0.3, 0.4) is 0 Å². The summed E-state index contributed by atoms with van der Waals surface area (Å²) in [5, 5.41) is 4.16. The highest BCUT2D eigenvalue weighted by molar-refractivity contribution is 14.1. The maximum Gasteiger partial charge on any atom is 0.348 e. The van der Waals surface area contributed by atoms with Gasteiger partial charge in [0.05, 0.1) is 12.0 Å². The van der Waals surface area contributed by atoms with E-state index in [2.05, 4.69) is 37.9 Å². The minimum absolute atomic E-state index is 0.312. The number of nitrogens with zero attached hydrogens (tertiary/aromatic N) is 2. The minimum Gasteiger partial charge on any atom is -0.462 e. The molecule has 1 N–H and O–H groups in total. The van der Waals surface area contributed by atoms with E-state index in [-0.39, 0.29) is 5.97 Å². The lowest BCUT2D eigenvalue weighted by atomic mass is 10.2. The van der Waals surface area contributed by atoms with Crippen LogP contribution in [0.4, 0.5) is 11.5 Å². The zero-order valence-corrected chi connectivity index (χ0v) is 15.6. The Hall–Kier alpha value is -1.74. The quantitative estimate of drug-likeness (QED) is 0.478. The lowest BCUT2D eigenvalue weighted by Gasteiger charge is -2.07. The van der Waals surface area contributed by atoms with Gasteiger partial charge in [0.1, 0.15) is 21.9 Å². The molecule has 118 valence electrons. The monoisotopic (exact) mass is 439 g/mol. The Labute approximate surface area is 151 Å². The van der Waals surface area contributed by atoms with Crippen molar-refractivity contribution < 1.29 is 9.53 Å². The van der Waals surface area contributed by atoms with Gasteiger partial charge in [0, 0.05) is 9.26 Å². The molecule has 0 unspecified atom stereocenters. The number of hydrogen-bond donors (Lipinski definition) is 1. The molecular weight excluding hydrogens is 425 g/mol. The van der Waals surface area contributed by atoms with Crippen LogP contribution in [0.2, 0.25) is 0 Å². The Balaban J connectivity index is 2.04. The van der Waals surface area contributed by atoms with Crippen molar-refractivity contribution in [3.63, 3.8) is 0 Å². The number of thiophene rings is 1. The standard InChI is InChI=1S/C16H14IN3O2S/c1-3-22-16(21)13-9(2)12-14(18-8-19-15(12)23-13)20-11-6-4-10(17)5-7-11/h4-8H,3H2,1-2H3,(H,18,19,20). The van der Waals surface area contributed by atoms with Crippen LogP contribution in [-0.4, -0.2) is 22.5 Å². The topological polar surface area (TPSA) is 64.1 Å². The van der Waals surface area contributed by atoms with Crippen LogP contribution >= 0.6 is 33.9 Å². The molecule has 0 spiro atoms. The third-order valence-electron chi connectivity index (χ3n) is 3.29. The fraction of sp³-hybridized carbons (Fsp3) is 0.188. The summed E-state index contributed by atoms with van der Waals surface area (Å²) in [7, 11) is 0. The number of aryl methyl sites for hydroxylation is 1. The highest BCUT2D eigenvalue weighted by Gasteiger charge is 2.20. The molecule has 0 aliphatic rings. The second-order valence-electron chi connectivity index (χ2n) is 4.81. The second kappa shape index (κ2) is 6.79. The molecule has 0 aliphatic carbocycles. The summed E-state index contributed by atoms with van der Waals surface area (Å²) in [5.41, 5.74) is 1.78. The highest BCUT2D eigenvalue weighted by Crippen LogP contribution is 2.34. The van der Waals surface area contributed by atoms with E-state index in [0.29, 0.717) is 17.3 Å². The molecule has 7 heteroatoms. The molecule has 3 aromatic rings. The number of nitrogens with one attached hydrogen (secondary N) is 1. The second-order valence-corrected chi connectivity index (χ2v) is 7.06. The summed E-state index contributed by atoms with van der Waals surface area (Å²) in [5.74, 6) is 0.383. The van der Waals surface area contributed by atoms with Crippen molar-refractivity contribution in [3.8, 4) is 0 Å². The van der Waals surface area contributed by atoms with Gasteiger partial charge in [-0.1, -0.05) is 0 Å². The molecule has 0 aliphatic heterocycles. The third-order valence-corrected chi connectivity index (χ3v) is 5.19. The first-order chi connectivity index (χ1) is 11.1. The lowest BCUT2D eigenvalue weighted by Crippen LogP contribution is -2.03. The van der Waals surface area contributed by atoms with Gasteiger partial charge in [0.25, 0.3) is 0 Å². The Morgan fingerprint density at radius 1 is 1.30 bits per heavy atom. The molecule has 2 aromatic heterocycles. The van der Waals surface area contributed by atoms with Gasteiger partial charge in [-0.3, -0.25) is 0 Å². The van der Waals surface area contributed by atoms with Gasteiger partial charge in [-0.05, 0) is 66.3 Å². The molecule has 23 heavy (non-hydrogen) atoms. The lowest BCUT2D eigenvalue weighted by molar-refractivity contribution is 0.0531. The van der Waals surface area contributed by atoms with Gasteiger partial charge >= 0.3 is 5.97 Å². The molecule has 0 bridgehead atoms. The zero-order chi connectivity index (χ0) is 16.4. The number of carbonyl (C=O) groups is 1. The molecule has 0 saturated heterocycles. The average molecular weight is 439 g/mol. The fourth-order valence-electron chi connectivity index (χ4n) is 2.23. The Morgan fingerprint density at radius 3 is 2.74 bits per heavy atom. The van der Waals surface area contributed by atoms with Crippen LogP contribution in [0.25, 0.3) is 10.2 Å². The van der Waals surface area contributed by atoms with E-state index in [1.807, 2.05) is 31.2 Å². The maximum absolute atomic E-state index is 12.1. The van der Waals surface area contributed by atoms with Crippen LogP contribution in [0, 0.1) is 10.5 Å². The Kier molecular flexibility index (Phi) is 4.76. The number of carbonyl (C=O) groups excluding carboxylic acids is 1. The fourth-order valence-corrected chi connectivity index (χ4v) is 3.63. The largest absolute Gasteiger partial charge is 0.462 e. The van der Waals surface area contributed by atoms with Crippen LogP contribution in [0.5, 0.6) is 0 Å². The molecule has 3 rings (SSSR count). The number of hydrogen-bond acceptors (Lipinski definition) is 6. The van der Waals surface area contributed by atoms with E-state index in [4.69, 9.17) is 4.74 Å². The smallest absolute Gasteiger partial charge is 0.348 e. The molecule has 5 nitrogen and oxygen atoms in total. The number of aromatic nitrogens is 2. The number of halogens is 1. The minimum atomic E-state index is -0.312. The number of fused-ring (bicyclic) bond motifs is 1. The van der Waals surface area contributed by atoms with E-state index in [0.717, 1.165) is 25.0 Å². The van der Waals surface area contributed by atoms with E-state index >= 15 is 0 Å². The summed E-state index contributed by atoms with van der Waals surface area (Å²) in [4.78, 5) is 22.0. The number of ether oxygens (including phenoxy) is 1. The maximum atomic E-state index is 12.1. The van der Waals surface area contributed by atoms with Crippen LogP contribution in [-0.2, 0) is 4.74 Å². The van der Waals surface area contributed by atoms with E-state index < -0.39 is 0 Å². The molecule has 0 fully saturated rings. The van der Waals surface area contributed by atoms with Crippen molar-refractivity contribution in [2.45, 2.75) is 13.8 Å². The number of rotatable bonds is 4. The van der Waals surface area contributed by atoms with E-state index in [1.165, 1.54) is 17.7 Å². The van der Waals surface area contributed by atoms with Crippen molar-refractivity contribution in [1.82, 2.24) is 9.97 Å². The van der Waals surface area contributed by atoms with Crippen molar-refractivity contribution in [2.24, 2.45) is 0 Å². The first-order valence-electron chi connectivity index (χ1n) is 7.04. The molecule has 0 saturated carbocycles. The zero-order valence-electron chi connectivity index (χ0n) is 12.6. The predicted molar refractivity (Wildman–Crippen MR) is 101 cm³/mol. The Morgan fingerprint density at radius 2 is 2.04 bits per heavy atom. The van der Waals surface area contributed by atoms with Crippen LogP contribution < -0.4 is 5.32 Å². The first kappa shape index (κ1) is 16.1. The summed E-state index contributed by atoms with van der Waals surface area (Å²) in [6, 6.07) is 8.02. The molecule has 2 heterocycles. The molecule has 0 amide bonds. The normalized spacial score (nSPS) is 10.7. The molecule has 0 atom stereocenters. The van der Waals surface area contributed by atoms with Crippen LogP contribution in [0.15, 0.2) is 30.6 Å². The van der Waals surface area contributed by atoms with Gasteiger partial charge in [-0.25, -0.2) is 14.8 Å². The first-order valence-corrected chi connectivity index (χ1v) is 8.93. The van der Waals surface area contributed by atoms with Gasteiger partial charge in [-0.2, -0.15) is 0 Å². The number of benzene rings is 1. The summed E-state index contributed by atoms with van der Waals surface area (Å²) < 4.78 is 6.28. The summed E-state index contributed by atoms with van der Waals surface area (Å²) in [6.45, 7) is 4.05. The Bertz CT molecular complexity index is 862. The van der Waals surface area contributed by atoms with E-state index in [1.54, 1.807) is 6.92 Å². The van der Waals surface area contributed by atoms with Crippen molar-refractivity contribution in [1.29, 1.82) is 0 Å². The number of esters is 1. The number of anilines is 2. The van der Waals surface area contributed by atoms with Gasteiger partial charge in [-0.15, -0.1) is 11.3 Å². The molecule has 1 aromatic carbocycles. The third kappa shape index (κ3) is 3.30. The summed E-state index contributed by atoms with van der Waals surface area (Å²) >= 11 is 3.59. The van der Waals surface area contributed by atoms with Gasteiger partial charge in [0.15, 0.2) is 0 Å². The predicted octanol–water partition coefficient (Wildman–Crippen LogP) is 4.52. The van der Waals surface area contributed by atoms with Crippen LogP contribution in [0.1, 0.15) is 22.2 Å². The summed E-state index contributed by atoms with van der Waals surface area (Å²) in [6.07, 6.45) is 1.50. The molecule has 0 radical (unpaired) electrons. The van der Waals surface area contributed by atoms with Crippen molar-refractivity contribution >= 4 is 61.6 Å². The van der Waals surface area contributed by atoms with E-state index in [9.17, 15) is 4.79 Å². The van der Waals surface area contributed by atoms with Gasteiger partial charge in [0.2, 0.25) is 0 Å². The highest BCUT2D eigenvalue weighted by atomic mass is 127. The SMILES string of the molecule is CCOC(=O)c1sc2ncnc(Nc3ccc(I)cc3)c2c1C. The molecular formula is C16H14IN3O2S. The average Bonchev–Trinajstić information content (AvgIpc) is 2.88. The van der Waals surface area contributed by atoms with Crippen molar-refractivity contribution in [2.75, 3.05) is 11.9 Å².